The average molecular weight is 561 g/mol. The van der Waals surface area contributed by atoms with Crippen LogP contribution in [-0.4, -0.2) is 20.7 Å². The minimum atomic E-state index is -4.45. The highest BCUT2D eigenvalue weighted by molar-refractivity contribution is 5.87. The Morgan fingerprint density at radius 2 is 1.51 bits per heavy atom. The topological polar surface area (TPSA) is 83.0 Å². The van der Waals surface area contributed by atoms with Gasteiger partial charge in [0.2, 0.25) is 5.91 Å². The van der Waals surface area contributed by atoms with E-state index in [1.807, 2.05) is 65.3 Å². The second-order valence-corrected chi connectivity index (χ2v) is 11.2. The van der Waals surface area contributed by atoms with Crippen molar-refractivity contribution in [2.75, 3.05) is 0 Å². The lowest BCUT2D eigenvalue weighted by Gasteiger charge is -2.43. The molecule has 2 saturated carbocycles. The van der Waals surface area contributed by atoms with Crippen molar-refractivity contribution in [1.29, 1.82) is 0 Å². The number of halogens is 3. The number of aromatic nitrogens is 3. The van der Waals surface area contributed by atoms with Crippen molar-refractivity contribution in [2.45, 2.75) is 62.3 Å². The van der Waals surface area contributed by atoms with E-state index in [1.54, 1.807) is 0 Å². The largest absolute Gasteiger partial charge is 0.479 e. The molecule has 9 heteroatoms. The molecule has 0 saturated heterocycles. The Labute approximate surface area is 236 Å². The van der Waals surface area contributed by atoms with Crippen molar-refractivity contribution in [1.82, 2.24) is 14.8 Å². The third-order valence-electron chi connectivity index (χ3n) is 8.44. The van der Waals surface area contributed by atoms with E-state index in [-0.39, 0.29) is 5.75 Å². The van der Waals surface area contributed by atoms with Crippen LogP contribution in [0.15, 0.2) is 84.9 Å². The number of alkyl halides is 3. The Morgan fingerprint density at radius 3 is 2.07 bits per heavy atom. The number of ether oxygens (including phenoxy) is 1. The van der Waals surface area contributed by atoms with Gasteiger partial charge in [-0.2, -0.15) is 18.3 Å². The summed E-state index contributed by atoms with van der Waals surface area (Å²) in [5.41, 5.74) is 5.06. The maximum absolute atomic E-state index is 13.3. The van der Waals surface area contributed by atoms with E-state index < -0.39 is 28.7 Å². The van der Waals surface area contributed by atoms with Crippen molar-refractivity contribution < 1.29 is 22.7 Å². The molecule has 1 heterocycles. The smallest absolute Gasteiger partial charge is 0.416 e. The molecule has 2 N–H and O–H groups in total. The van der Waals surface area contributed by atoms with Gasteiger partial charge in [0.1, 0.15) is 5.75 Å². The second kappa shape index (κ2) is 10.4. The molecule has 4 aromatic rings. The number of benzene rings is 3. The first-order valence-corrected chi connectivity index (χ1v) is 13.9. The summed E-state index contributed by atoms with van der Waals surface area (Å²) in [5.74, 6) is 1.58. The summed E-state index contributed by atoms with van der Waals surface area (Å²) < 4.78 is 48.2. The summed E-state index contributed by atoms with van der Waals surface area (Å²) in [6.07, 6.45) is -0.716. The Kier molecular flexibility index (Phi) is 6.83. The van der Waals surface area contributed by atoms with E-state index in [9.17, 15) is 18.0 Å². The van der Waals surface area contributed by atoms with Crippen molar-refractivity contribution in [3.63, 3.8) is 0 Å². The van der Waals surface area contributed by atoms with Gasteiger partial charge in [-0.15, -0.1) is 0 Å². The maximum atomic E-state index is 13.3. The molecule has 0 radical (unpaired) electrons. The van der Waals surface area contributed by atoms with Gasteiger partial charge >= 0.3 is 6.18 Å². The van der Waals surface area contributed by atoms with Gasteiger partial charge in [0, 0.05) is 12.1 Å². The molecule has 0 bridgehead atoms. The van der Waals surface area contributed by atoms with E-state index in [0.717, 1.165) is 48.5 Å². The van der Waals surface area contributed by atoms with E-state index in [4.69, 9.17) is 20.6 Å². The third-order valence-corrected chi connectivity index (χ3v) is 8.44. The van der Waals surface area contributed by atoms with Crippen LogP contribution in [0.4, 0.5) is 13.2 Å². The summed E-state index contributed by atoms with van der Waals surface area (Å²) in [7, 11) is 0. The number of carbonyl (C=O) groups is 1. The molecule has 0 unspecified atom stereocenters. The highest BCUT2D eigenvalue weighted by Gasteiger charge is 2.51. The van der Waals surface area contributed by atoms with Crippen LogP contribution < -0.4 is 10.5 Å². The number of nitrogens with zero attached hydrogens (tertiary/aromatic N) is 3. The van der Waals surface area contributed by atoms with Gasteiger partial charge in [-0.3, -0.25) is 4.79 Å². The number of primary amides is 1. The molecule has 2 fully saturated rings. The molecule has 0 spiro atoms. The zero-order valence-electron chi connectivity index (χ0n) is 22.5. The van der Waals surface area contributed by atoms with Crippen molar-refractivity contribution >= 4 is 5.91 Å². The number of carbonyl (C=O) groups excluding carboxylic acids is 1. The van der Waals surface area contributed by atoms with Gasteiger partial charge in [0.25, 0.3) is 0 Å². The van der Waals surface area contributed by atoms with E-state index in [2.05, 4.69) is 0 Å². The second-order valence-electron chi connectivity index (χ2n) is 11.2. The summed E-state index contributed by atoms with van der Waals surface area (Å²) in [4.78, 5) is 17.9. The lowest BCUT2D eigenvalue weighted by Crippen LogP contribution is -2.50. The molecular formula is C32H31F3N4O2. The quantitative estimate of drug-likeness (QED) is 0.262. The lowest BCUT2D eigenvalue weighted by atomic mass is 9.64. The lowest BCUT2D eigenvalue weighted by molar-refractivity contribution is -0.137. The SMILES string of the molecule is NC(=O)C1(c2ccccc2)CCC(Oc2ccc(C(F)(F)F)cc2)(c2nc(-c3ccccc3)n(CC3CC3)n2)CC1. The first kappa shape index (κ1) is 27.1. The van der Waals surface area contributed by atoms with Gasteiger partial charge in [-0.1, -0.05) is 60.7 Å². The molecule has 0 atom stereocenters. The Bertz CT molecular complexity index is 1510. The predicted octanol–water partition coefficient (Wildman–Crippen LogP) is 6.65. The van der Waals surface area contributed by atoms with Crippen LogP contribution in [0.3, 0.4) is 0 Å². The highest BCUT2D eigenvalue weighted by Crippen LogP contribution is 2.49. The zero-order chi connectivity index (χ0) is 28.7. The van der Waals surface area contributed by atoms with Crippen molar-refractivity contribution in [2.24, 2.45) is 11.7 Å². The molecule has 41 heavy (non-hydrogen) atoms. The van der Waals surface area contributed by atoms with Crippen LogP contribution in [0.25, 0.3) is 11.4 Å². The summed E-state index contributed by atoms with van der Waals surface area (Å²) in [6.45, 7) is 0.725. The fourth-order valence-electron chi connectivity index (χ4n) is 5.83. The summed E-state index contributed by atoms with van der Waals surface area (Å²) >= 11 is 0. The van der Waals surface area contributed by atoms with E-state index in [1.165, 1.54) is 12.1 Å². The van der Waals surface area contributed by atoms with Crippen LogP contribution in [0, 0.1) is 5.92 Å². The van der Waals surface area contributed by atoms with Crippen molar-refractivity contribution in [3.05, 3.63) is 102 Å². The van der Waals surface area contributed by atoms with Crippen LogP contribution in [0.1, 0.15) is 55.5 Å². The standard InChI is InChI=1S/C32H31F3N4O2/c33-32(34,35)25-13-15-26(16-14-25)41-31(19-17-30(18-20-31,28(36)40)24-9-5-2-6-10-24)29-37-27(23-7-3-1-4-8-23)39(38-29)21-22-11-12-22/h1-10,13-16,22H,11-12,17-21H2,(H2,36,40). The monoisotopic (exact) mass is 560 g/mol. The number of amides is 1. The van der Waals surface area contributed by atoms with E-state index >= 15 is 0 Å². The van der Waals surface area contributed by atoms with Crippen LogP contribution in [-0.2, 0) is 28.5 Å². The molecule has 0 aliphatic heterocycles. The Morgan fingerprint density at radius 1 is 0.902 bits per heavy atom. The average Bonchev–Trinajstić information content (AvgIpc) is 3.69. The maximum Gasteiger partial charge on any atom is 0.416 e. The molecule has 2 aliphatic carbocycles. The molecule has 212 valence electrons. The molecule has 6 rings (SSSR count). The summed E-state index contributed by atoms with van der Waals surface area (Å²) in [5, 5.41) is 4.97. The van der Waals surface area contributed by atoms with Crippen LogP contribution >= 0.6 is 0 Å². The van der Waals surface area contributed by atoms with Crippen LogP contribution in [0.2, 0.25) is 0 Å². The zero-order valence-corrected chi connectivity index (χ0v) is 22.5. The minimum absolute atomic E-state index is 0.282. The molecule has 1 aromatic heterocycles. The van der Waals surface area contributed by atoms with Gasteiger partial charge in [-0.05, 0) is 74.3 Å². The molecule has 6 nitrogen and oxygen atoms in total. The predicted molar refractivity (Wildman–Crippen MR) is 148 cm³/mol. The van der Waals surface area contributed by atoms with Crippen molar-refractivity contribution in [3.8, 4) is 17.1 Å². The first-order valence-electron chi connectivity index (χ1n) is 13.9. The Balaban J connectivity index is 1.41. The normalized spacial score (nSPS) is 22.8. The van der Waals surface area contributed by atoms with Gasteiger partial charge in [0.15, 0.2) is 17.2 Å². The molecule has 3 aromatic carbocycles. The van der Waals surface area contributed by atoms with Gasteiger partial charge in [0.05, 0.1) is 11.0 Å². The molecule has 1 amide bonds. The Hall–Kier alpha value is -4.14. The fraction of sp³-hybridized carbons (Fsp3) is 0.344. The van der Waals surface area contributed by atoms with Crippen LogP contribution in [0.5, 0.6) is 5.75 Å². The molecular weight excluding hydrogens is 529 g/mol. The first-order chi connectivity index (χ1) is 19.7. The van der Waals surface area contributed by atoms with E-state index in [0.29, 0.717) is 37.4 Å². The molecule has 2 aliphatic rings. The third kappa shape index (κ3) is 5.33. The number of hydrogen-bond acceptors (Lipinski definition) is 4. The fourth-order valence-corrected chi connectivity index (χ4v) is 5.83. The minimum Gasteiger partial charge on any atom is -0.479 e. The number of rotatable bonds is 8. The van der Waals surface area contributed by atoms with Gasteiger partial charge in [-0.25, -0.2) is 9.67 Å². The van der Waals surface area contributed by atoms with Gasteiger partial charge < -0.3 is 10.5 Å². The summed E-state index contributed by atoms with van der Waals surface area (Å²) in [6, 6.07) is 23.9. The highest BCUT2D eigenvalue weighted by atomic mass is 19.4. The number of hydrogen-bond donors (Lipinski definition) is 1. The number of nitrogens with two attached hydrogens (primary N) is 1.